The largest absolute Gasteiger partial charge is 0.355 e. The van der Waals surface area contributed by atoms with Crippen molar-refractivity contribution in [3.63, 3.8) is 0 Å². The summed E-state index contributed by atoms with van der Waals surface area (Å²) in [6.45, 7) is 5.82. The summed E-state index contributed by atoms with van der Waals surface area (Å²) < 4.78 is 5.44. The zero-order chi connectivity index (χ0) is 18.4. The maximum absolute atomic E-state index is 12.4. The lowest BCUT2D eigenvalue weighted by Gasteiger charge is -2.20. The van der Waals surface area contributed by atoms with Gasteiger partial charge < -0.3 is 9.84 Å². The Labute approximate surface area is 157 Å². The first-order valence-corrected chi connectivity index (χ1v) is 9.61. The molecule has 0 spiro atoms. The van der Waals surface area contributed by atoms with Crippen molar-refractivity contribution in [1.29, 1.82) is 0 Å². The highest BCUT2D eigenvalue weighted by molar-refractivity contribution is 7.13. The van der Waals surface area contributed by atoms with Crippen LogP contribution in [-0.4, -0.2) is 29.1 Å². The molecule has 1 N–H and O–H groups in total. The average Bonchev–Trinajstić information content (AvgIpc) is 3.28. The summed E-state index contributed by atoms with van der Waals surface area (Å²) >= 11 is 1.62. The molecule has 0 fully saturated rings. The minimum Gasteiger partial charge on any atom is -0.355 e. The number of amides is 1. The van der Waals surface area contributed by atoms with Crippen LogP contribution in [0, 0.1) is 6.92 Å². The van der Waals surface area contributed by atoms with Gasteiger partial charge in [-0.2, -0.15) is 0 Å². The monoisotopic (exact) mass is 369 g/mol. The fourth-order valence-corrected chi connectivity index (χ4v) is 3.46. The van der Waals surface area contributed by atoms with Crippen LogP contribution >= 0.6 is 11.3 Å². The second-order valence-corrected chi connectivity index (χ2v) is 7.18. The van der Waals surface area contributed by atoms with Crippen LogP contribution in [0.15, 0.2) is 52.4 Å². The average molecular weight is 369 g/mol. The number of anilines is 1. The Morgan fingerprint density at radius 1 is 1.27 bits per heavy atom. The molecule has 0 radical (unpaired) electrons. The van der Waals surface area contributed by atoms with Crippen molar-refractivity contribution in [2.45, 2.75) is 26.8 Å². The normalized spacial score (nSPS) is 11.0. The molecule has 1 amide bonds. The molecule has 0 saturated carbocycles. The number of thiophene rings is 1. The third-order valence-electron chi connectivity index (χ3n) is 4.03. The summed E-state index contributed by atoms with van der Waals surface area (Å²) in [6, 6.07) is 13.7. The molecule has 0 aliphatic carbocycles. The Hall–Kier alpha value is -2.44. The van der Waals surface area contributed by atoms with E-state index in [0.717, 1.165) is 40.5 Å². The molecular weight excluding hydrogens is 346 g/mol. The summed E-state index contributed by atoms with van der Waals surface area (Å²) in [7, 11) is 0. The molecule has 2 heterocycles. The minimum absolute atomic E-state index is 0.0188. The van der Waals surface area contributed by atoms with Gasteiger partial charge in [-0.05, 0) is 43.0 Å². The number of nitrogens with zero attached hydrogens (tertiary/aromatic N) is 2. The number of para-hydroxylation sites is 1. The summed E-state index contributed by atoms with van der Waals surface area (Å²) in [5.74, 6) is 0.755. The molecule has 5 nitrogen and oxygen atoms in total. The smallest absolute Gasteiger partial charge is 0.238 e. The molecule has 1 aromatic carbocycles. The Bertz CT molecular complexity index is 842. The highest BCUT2D eigenvalue weighted by Crippen LogP contribution is 2.25. The van der Waals surface area contributed by atoms with Gasteiger partial charge in [0.2, 0.25) is 5.91 Å². The number of hydrogen-bond acceptors (Lipinski definition) is 5. The van der Waals surface area contributed by atoms with Gasteiger partial charge in [0.05, 0.1) is 17.1 Å². The van der Waals surface area contributed by atoms with E-state index in [1.165, 1.54) is 0 Å². The highest BCUT2D eigenvalue weighted by Gasteiger charge is 2.15. The second kappa shape index (κ2) is 8.78. The van der Waals surface area contributed by atoms with Crippen LogP contribution < -0.4 is 5.32 Å². The number of carbonyl (C=O) groups excluding carboxylic acids is 1. The first kappa shape index (κ1) is 18.4. The van der Waals surface area contributed by atoms with Gasteiger partial charge in [0, 0.05) is 18.3 Å². The number of aromatic nitrogens is 1. The maximum atomic E-state index is 12.4. The van der Waals surface area contributed by atoms with E-state index in [1.807, 2.05) is 54.8 Å². The van der Waals surface area contributed by atoms with E-state index in [-0.39, 0.29) is 5.91 Å². The molecule has 2 aromatic heterocycles. The summed E-state index contributed by atoms with van der Waals surface area (Å²) in [5, 5.41) is 9.16. The molecule has 26 heavy (non-hydrogen) atoms. The van der Waals surface area contributed by atoms with Gasteiger partial charge in [-0.1, -0.05) is 36.3 Å². The van der Waals surface area contributed by atoms with Crippen LogP contribution in [0.3, 0.4) is 0 Å². The summed E-state index contributed by atoms with van der Waals surface area (Å²) in [6.07, 6.45) is 0.966. The summed E-state index contributed by atoms with van der Waals surface area (Å²) in [4.78, 5) is 15.6. The maximum Gasteiger partial charge on any atom is 0.238 e. The molecule has 0 unspecified atom stereocenters. The molecule has 136 valence electrons. The predicted octanol–water partition coefficient (Wildman–Crippen LogP) is 4.56. The number of benzene rings is 1. The van der Waals surface area contributed by atoms with E-state index in [0.29, 0.717) is 13.1 Å². The van der Waals surface area contributed by atoms with Crippen molar-refractivity contribution in [1.82, 2.24) is 10.1 Å². The highest BCUT2D eigenvalue weighted by atomic mass is 32.1. The van der Waals surface area contributed by atoms with Crippen molar-refractivity contribution in [2.75, 3.05) is 18.4 Å². The lowest BCUT2D eigenvalue weighted by Crippen LogP contribution is -2.33. The van der Waals surface area contributed by atoms with Crippen LogP contribution in [-0.2, 0) is 11.3 Å². The summed E-state index contributed by atoms with van der Waals surface area (Å²) in [5.41, 5.74) is 2.75. The van der Waals surface area contributed by atoms with E-state index in [2.05, 4.69) is 22.3 Å². The van der Waals surface area contributed by atoms with E-state index >= 15 is 0 Å². The first-order chi connectivity index (χ1) is 12.7. The molecule has 0 saturated heterocycles. The molecular formula is C20H23N3O2S. The third-order valence-corrected chi connectivity index (χ3v) is 4.92. The number of aryl methyl sites for hydroxylation is 1. The second-order valence-electron chi connectivity index (χ2n) is 6.23. The van der Waals surface area contributed by atoms with Crippen LogP contribution in [0.4, 0.5) is 5.69 Å². The number of rotatable bonds is 8. The molecule has 6 heteroatoms. The molecule has 3 aromatic rings. The predicted molar refractivity (Wildman–Crippen MR) is 105 cm³/mol. The molecule has 0 bridgehead atoms. The van der Waals surface area contributed by atoms with Gasteiger partial charge in [0.1, 0.15) is 0 Å². The third kappa shape index (κ3) is 4.80. The Morgan fingerprint density at radius 2 is 2.12 bits per heavy atom. The number of carbonyl (C=O) groups is 1. The molecule has 3 rings (SSSR count). The van der Waals surface area contributed by atoms with Crippen molar-refractivity contribution >= 4 is 22.9 Å². The zero-order valence-corrected chi connectivity index (χ0v) is 15.9. The fourth-order valence-electron chi connectivity index (χ4n) is 2.79. The van der Waals surface area contributed by atoms with E-state index < -0.39 is 0 Å². The van der Waals surface area contributed by atoms with E-state index in [9.17, 15) is 4.79 Å². The van der Waals surface area contributed by atoms with Crippen LogP contribution in [0.2, 0.25) is 0 Å². The SMILES string of the molecule is CCCN(CC(=O)Nc1ccccc1C)Cc1cc(-c2cccs2)on1. The number of hydrogen-bond donors (Lipinski definition) is 1. The van der Waals surface area contributed by atoms with E-state index in [4.69, 9.17) is 4.52 Å². The lowest BCUT2D eigenvalue weighted by atomic mass is 10.2. The van der Waals surface area contributed by atoms with Crippen molar-refractivity contribution in [3.05, 3.63) is 59.1 Å². The van der Waals surface area contributed by atoms with Crippen molar-refractivity contribution in [3.8, 4) is 10.6 Å². The van der Waals surface area contributed by atoms with Crippen molar-refractivity contribution < 1.29 is 9.32 Å². The van der Waals surface area contributed by atoms with Gasteiger partial charge >= 0.3 is 0 Å². The quantitative estimate of drug-likeness (QED) is 0.632. The lowest BCUT2D eigenvalue weighted by molar-refractivity contribution is -0.117. The minimum atomic E-state index is -0.0188. The topological polar surface area (TPSA) is 58.4 Å². The standard InChI is InChI=1S/C20H23N3O2S/c1-3-10-23(14-20(24)21-17-8-5-4-7-15(17)2)13-16-12-18(25-22-16)19-9-6-11-26-19/h4-9,11-12H,3,10,13-14H2,1-2H3,(H,21,24). The van der Waals surface area contributed by atoms with E-state index in [1.54, 1.807) is 11.3 Å². The van der Waals surface area contributed by atoms with Crippen LogP contribution in [0.25, 0.3) is 10.6 Å². The number of nitrogens with one attached hydrogen (secondary N) is 1. The molecule has 0 aliphatic heterocycles. The zero-order valence-electron chi connectivity index (χ0n) is 15.1. The van der Waals surface area contributed by atoms with Gasteiger partial charge in [-0.15, -0.1) is 11.3 Å². The molecule has 0 atom stereocenters. The van der Waals surface area contributed by atoms with Gasteiger partial charge in [0.25, 0.3) is 0 Å². The van der Waals surface area contributed by atoms with Crippen molar-refractivity contribution in [2.24, 2.45) is 0 Å². The first-order valence-electron chi connectivity index (χ1n) is 8.73. The van der Waals surface area contributed by atoms with Gasteiger partial charge in [0.15, 0.2) is 5.76 Å². The van der Waals surface area contributed by atoms with Gasteiger partial charge in [-0.25, -0.2) is 0 Å². The molecule has 0 aliphatic rings. The fraction of sp³-hybridized carbons (Fsp3) is 0.300. The Morgan fingerprint density at radius 3 is 2.85 bits per heavy atom. The Kier molecular flexibility index (Phi) is 6.20. The Balaban J connectivity index is 1.62. The van der Waals surface area contributed by atoms with Crippen LogP contribution in [0.5, 0.6) is 0 Å². The van der Waals surface area contributed by atoms with Crippen LogP contribution in [0.1, 0.15) is 24.6 Å². The van der Waals surface area contributed by atoms with Gasteiger partial charge in [-0.3, -0.25) is 9.69 Å².